The van der Waals surface area contributed by atoms with Crippen LogP contribution in [0.2, 0.25) is 0 Å². The molecule has 2 aliphatic rings. The Bertz CT molecular complexity index is 1120. The summed E-state index contributed by atoms with van der Waals surface area (Å²) in [6.45, 7) is 10.2. The number of anilines is 1. The number of fused-ring (bicyclic) bond motifs is 5. The monoisotopic (exact) mass is 433 g/mol. The van der Waals surface area contributed by atoms with Crippen molar-refractivity contribution in [2.45, 2.75) is 59.3 Å². The van der Waals surface area contributed by atoms with Crippen LogP contribution in [-0.2, 0) is 24.1 Å². The quantitative estimate of drug-likeness (QED) is 0.592. The highest BCUT2D eigenvalue weighted by molar-refractivity contribution is 5.99. The van der Waals surface area contributed by atoms with Crippen LogP contribution in [0.25, 0.3) is 22.3 Å². The Labute approximate surface area is 190 Å². The minimum atomic E-state index is -0.0216. The largest absolute Gasteiger partial charge is 0.353 e. The molecule has 0 radical (unpaired) electrons. The average molecular weight is 434 g/mol. The van der Waals surface area contributed by atoms with E-state index in [2.05, 4.69) is 45.2 Å². The lowest BCUT2D eigenvalue weighted by Crippen LogP contribution is -2.40. The molecule has 32 heavy (non-hydrogen) atoms. The first-order valence-electron chi connectivity index (χ1n) is 12.3. The molecule has 5 rings (SSSR count). The van der Waals surface area contributed by atoms with Gasteiger partial charge in [0.15, 0.2) is 0 Å². The number of aromatic amines is 2. The van der Waals surface area contributed by atoms with E-state index in [1.54, 1.807) is 0 Å². The molecule has 6 heteroatoms. The first-order chi connectivity index (χ1) is 15.6. The fourth-order valence-electron chi connectivity index (χ4n) is 5.40. The zero-order valence-corrected chi connectivity index (χ0v) is 19.6. The maximum absolute atomic E-state index is 13.2. The van der Waals surface area contributed by atoms with Crippen molar-refractivity contribution in [3.63, 3.8) is 0 Å². The zero-order chi connectivity index (χ0) is 22.2. The first-order valence-corrected chi connectivity index (χ1v) is 12.3. The molecule has 0 unspecified atom stereocenters. The summed E-state index contributed by atoms with van der Waals surface area (Å²) < 4.78 is 0. The molecular formula is C26H35N5O. The van der Waals surface area contributed by atoms with Crippen LogP contribution < -0.4 is 4.90 Å². The SMILES string of the molecule is CCc1[nH]nc2c1CCCc1c-2[nH]c2ccc(N(CCN3CCCC3)C(=O)C(C)C)cc12. The van der Waals surface area contributed by atoms with Crippen molar-refractivity contribution in [2.75, 3.05) is 31.1 Å². The molecule has 6 nitrogen and oxygen atoms in total. The standard InChI is InChI=1S/C26H35N5O/c1-4-22-20-9-7-8-19-21-16-18(10-11-23(21)27-24(19)25(20)29-28-22)31(26(32)17(2)3)15-14-30-12-5-6-13-30/h10-11,16-17,27H,4-9,12-15H2,1-3H3,(H,28,29). The molecule has 1 aliphatic heterocycles. The summed E-state index contributed by atoms with van der Waals surface area (Å²) in [6, 6.07) is 6.47. The van der Waals surface area contributed by atoms with Crippen molar-refractivity contribution < 1.29 is 4.79 Å². The van der Waals surface area contributed by atoms with Gasteiger partial charge in [-0.1, -0.05) is 20.8 Å². The van der Waals surface area contributed by atoms with Gasteiger partial charge in [-0.2, -0.15) is 5.10 Å². The predicted octanol–water partition coefficient (Wildman–Crippen LogP) is 4.69. The molecule has 1 amide bonds. The molecule has 0 atom stereocenters. The number of likely N-dealkylation sites (tertiary alicyclic amines) is 1. The fraction of sp³-hybridized carbons (Fsp3) is 0.538. The van der Waals surface area contributed by atoms with Gasteiger partial charge in [0.05, 0.1) is 5.69 Å². The van der Waals surface area contributed by atoms with Crippen LogP contribution in [0.1, 0.15) is 56.9 Å². The number of benzene rings is 1. The fourth-order valence-corrected chi connectivity index (χ4v) is 5.40. The smallest absolute Gasteiger partial charge is 0.229 e. The van der Waals surface area contributed by atoms with E-state index in [-0.39, 0.29) is 11.8 Å². The highest BCUT2D eigenvalue weighted by Crippen LogP contribution is 2.38. The van der Waals surface area contributed by atoms with Crippen LogP contribution in [0.4, 0.5) is 5.69 Å². The third-order valence-corrected chi connectivity index (χ3v) is 7.20. The summed E-state index contributed by atoms with van der Waals surface area (Å²) in [4.78, 5) is 21.3. The first kappa shape index (κ1) is 21.3. The average Bonchev–Trinajstić information content (AvgIpc) is 3.50. The Kier molecular flexibility index (Phi) is 5.80. The van der Waals surface area contributed by atoms with Crippen molar-refractivity contribution in [2.24, 2.45) is 5.92 Å². The predicted molar refractivity (Wildman–Crippen MR) is 130 cm³/mol. The van der Waals surface area contributed by atoms with Crippen LogP contribution in [0, 0.1) is 5.92 Å². The molecule has 1 aromatic carbocycles. The molecule has 1 saturated heterocycles. The van der Waals surface area contributed by atoms with E-state index >= 15 is 0 Å². The second-order valence-electron chi connectivity index (χ2n) is 9.64. The number of amides is 1. The van der Waals surface area contributed by atoms with Gasteiger partial charge in [0.1, 0.15) is 5.69 Å². The Morgan fingerprint density at radius 2 is 1.94 bits per heavy atom. The van der Waals surface area contributed by atoms with Crippen LogP contribution in [0.3, 0.4) is 0 Å². The topological polar surface area (TPSA) is 68.0 Å². The zero-order valence-electron chi connectivity index (χ0n) is 19.6. The molecule has 170 valence electrons. The minimum absolute atomic E-state index is 0.0216. The molecular weight excluding hydrogens is 398 g/mol. The van der Waals surface area contributed by atoms with E-state index in [9.17, 15) is 4.79 Å². The number of nitrogens with zero attached hydrogens (tertiary/aromatic N) is 3. The molecule has 0 saturated carbocycles. The lowest BCUT2D eigenvalue weighted by molar-refractivity contribution is -0.121. The van der Waals surface area contributed by atoms with Gasteiger partial charge in [0.25, 0.3) is 0 Å². The lowest BCUT2D eigenvalue weighted by atomic mass is 10.0. The lowest BCUT2D eigenvalue weighted by Gasteiger charge is -2.27. The number of carbonyl (C=O) groups excluding carboxylic acids is 1. The summed E-state index contributed by atoms with van der Waals surface area (Å²) in [5.41, 5.74) is 8.33. The number of rotatable bonds is 6. The van der Waals surface area contributed by atoms with E-state index in [0.29, 0.717) is 0 Å². The van der Waals surface area contributed by atoms with Gasteiger partial charge >= 0.3 is 0 Å². The van der Waals surface area contributed by atoms with E-state index in [1.807, 2.05) is 18.7 Å². The third kappa shape index (κ3) is 3.75. The van der Waals surface area contributed by atoms with Gasteiger partial charge in [-0.15, -0.1) is 0 Å². The number of hydrogen-bond acceptors (Lipinski definition) is 3. The number of carbonyl (C=O) groups is 1. The van der Waals surface area contributed by atoms with Crippen molar-refractivity contribution in [3.05, 3.63) is 35.0 Å². The van der Waals surface area contributed by atoms with Gasteiger partial charge in [0.2, 0.25) is 5.91 Å². The van der Waals surface area contributed by atoms with Crippen LogP contribution in [-0.4, -0.2) is 52.2 Å². The van der Waals surface area contributed by atoms with Gasteiger partial charge in [-0.3, -0.25) is 9.89 Å². The normalized spacial score (nSPS) is 16.4. The van der Waals surface area contributed by atoms with Gasteiger partial charge in [-0.05, 0) is 75.4 Å². The summed E-state index contributed by atoms with van der Waals surface area (Å²) >= 11 is 0. The highest BCUT2D eigenvalue weighted by atomic mass is 16.2. The summed E-state index contributed by atoms with van der Waals surface area (Å²) in [5, 5.41) is 9.16. The number of hydrogen-bond donors (Lipinski definition) is 2. The molecule has 1 fully saturated rings. The van der Waals surface area contributed by atoms with Gasteiger partial charge in [-0.25, -0.2) is 0 Å². The molecule has 0 bridgehead atoms. The van der Waals surface area contributed by atoms with Crippen LogP contribution in [0.5, 0.6) is 0 Å². The third-order valence-electron chi connectivity index (χ3n) is 7.20. The van der Waals surface area contributed by atoms with Crippen molar-refractivity contribution in [3.8, 4) is 11.4 Å². The van der Waals surface area contributed by atoms with Crippen LogP contribution in [0.15, 0.2) is 18.2 Å². The van der Waals surface area contributed by atoms with Gasteiger partial charge < -0.3 is 14.8 Å². The Hall–Kier alpha value is -2.60. The number of H-pyrrole nitrogens is 2. The van der Waals surface area contributed by atoms with E-state index in [4.69, 9.17) is 0 Å². The number of nitrogens with one attached hydrogen (secondary N) is 2. The Morgan fingerprint density at radius 3 is 2.69 bits per heavy atom. The summed E-state index contributed by atoms with van der Waals surface area (Å²) in [7, 11) is 0. The molecule has 3 heterocycles. The van der Waals surface area contributed by atoms with Gasteiger partial charge in [0, 0.05) is 46.9 Å². The Morgan fingerprint density at radius 1 is 1.16 bits per heavy atom. The molecule has 3 aromatic rings. The maximum Gasteiger partial charge on any atom is 0.229 e. The van der Waals surface area contributed by atoms with Crippen molar-refractivity contribution in [1.29, 1.82) is 0 Å². The van der Waals surface area contributed by atoms with Crippen LogP contribution >= 0.6 is 0 Å². The summed E-state index contributed by atoms with van der Waals surface area (Å²) in [6.07, 6.45) is 6.73. The van der Waals surface area contributed by atoms with E-state index in [1.165, 1.54) is 35.0 Å². The highest BCUT2D eigenvalue weighted by Gasteiger charge is 2.25. The minimum Gasteiger partial charge on any atom is -0.353 e. The van der Waals surface area contributed by atoms with E-state index < -0.39 is 0 Å². The maximum atomic E-state index is 13.2. The van der Waals surface area contributed by atoms with Crippen molar-refractivity contribution >= 4 is 22.5 Å². The Balaban J connectivity index is 1.52. The van der Waals surface area contributed by atoms with Crippen molar-refractivity contribution in [1.82, 2.24) is 20.1 Å². The number of aryl methyl sites for hydroxylation is 2. The number of aromatic nitrogens is 3. The molecule has 2 aromatic heterocycles. The second-order valence-corrected chi connectivity index (χ2v) is 9.64. The molecule has 2 N–H and O–H groups in total. The summed E-state index contributed by atoms with van der Waals surface area (Å²) in [5.74, 6) is 0.180. The van der Waals surface area contributed by atoms with E-state index in [0.717, 1.165) is 74.5 Å². The molecule has 0 spiro atoms. The second kappa shape index (κ2) is 8.74. The molecule has 1 aliphatic carbocycles.